The molecule has 1 aromatic heterocycles. The quantitative estimate of drug-likeness (QED) is 0.828. The van der Waals surface area contributed by atoms with Crippen molar-refractivity contribution in [1.82, 2.24) is 20.2 Å². The van der Waals surface area contributed by atoms with E-state index >= 15 is 0 Å². The second-order valence-corrected chi connectivity index (χ2v) is 7.47. The van der Waals surface area contributed by atoms with Gasteiger partial charge in [-0.05, 0) is 19.9 Å². The fourth-order valence-electron chi connectivity index (χ4n) is 3.72. The first kappa shape index (κ1) is 19.7. The van der Waals surface area contributed by atoms with Crippen molar-refractivity contribution >= 4 is 17.7 Å². The molecule has 2 aliphatic heterocycles. The van der Waals surface area contributed by atoms with Crippen LogP contribution in [-0.2, 0) is 11.0 Å². The number of alkyl halides is 3. The van der Waals surface area contributed by atoms with E-state index in [-0.39, 0.29) is 23.2 Å². The van der Waals surface area contributed by atoms with Crippen molar-refractivity contribution in [3.63, 3.8) is 0 Å². The second kappa shape index (κ2) is 7.14. The Bertz CT molecular complexity index is 710. The van der Waals surface area contributed by atoms with Gasteiger partial charge in [-0.1, -0.05) is 0 Å². The Balaban J connectivity index is 1.93. The van der Waals surface area contributed by atoms with Gasteiger partial charge >= 0.3 is 6.18 Å². The fraction of sp³-hybridized carbons (Fsp3) is 0.706. The van der Waals surface area contributed by atoms with Gasteiger partial charge in [-0.15, -0.1) is 0 Å². The lowest BCUT2D eigenvalue weighted by molar-refractivity contribution is -0.141. The van der Waals surface area contributed by atoms with E-state index in [2.05, 4.69) is 20.2 Å². The second-order valence-electron chi connectivity index (χ2n) is 7.47. The summed E-state index contributed by atoms with van der Waals surface area (Å²) < 4.78 is 39.9. The molecule has 1 spiro atoms. The molecule has 0 bridgehead atoms. The van der Waals surface area contributed by atoms with Crippen molar-refractivity contribution in [1.29, 1.82) is 0 Å². The predicted molar refractivity (Wildman–Crippen MR) is 95.8 cm³/mol. The van der Waals surface area contributed by atoms with E-state index < -0.39 is 11.9 Å². The monoisotopic (exact) mass is 386 g/mol. The molecule has 0 saturated carbocycles. The number of carbonyl (C=O) groups is 1. The molecule has 3 rings (SSSR count). The van der Waals surface area contributed by atoms with Gasteiger partial charge in [0.05, 0.1) is 0 Å². The van der Waals surface area contributed by atoms with Gasteiger partial charge in [-0.2, -0.15) is 18.2 Å². The number of hydrogen-bond acceptors (Lipinski definition) is 6. The zero-order chi connectivity index (χ0) is 19.8. The summed E-state index contributed by atoms with van der Waals surface area (Å²) in [4.78, 5) is 25.3. The number of piperazine rings is 1. The van der Waals surface area contributed by atoms with Gasteiger partial charge < -0.3 is 15.1 Å². The Labute approximate surface area is 156 Å². The molecular formula is C17H25F3N6O. The Morgan fingerprint density at radius 1 is 1.22 bits per heavy atom. The predicted octanol–water partition coefficient (Wildman–Crippen LogP) is 1.35. The van der Waals surface area contributed by atoms with Crippen molar-refractivity contribution in [2.75, 3.05) is 57.1 Å². The van der Waals surface area contributed by atoms with Crippen molar-refractivity contribution < 1.29 is 18.0 Å². The number of carbonyl (C=O) groups excluding carboxylic acids is 1. The molecular weight excluding hydrogens is 361 g/mol. The normalized spacial score (nSPS) is 24.7. The number of halogens is 3. The van der Waals surface area contributed by atoms with Crippen LogP contribution in [0, 0.1) is 0 Å². The first-order chi connectivity index (χ1) is 12.6. The first-order valence-electron chi connectivity index (χ1n) is 8.97. The lowest BCUT2D eigenvalue weighted by atomic mass is 9.86. The molecule has 1 amide bonds. The third kappa shape index (κ3) is 4.10. The number of nitrogens with zero attached hydrogens (tertiary/aromatic N) is 5. The van der Waals surface area contributed by atoms with Gasteiger partial charge in [-0.3, -0.25) is 9.69 Å². The zero-order valence-electron chi connectivity index (χ0n) is 15.8. The van der Waals surface area contributed by atoms with E-state index in [4.69, 9.17) is 0 Å². The smallest absolute Gasteiger partial charge is 0.356 e. The van der Waals surface area contributed by atoms with Crippen LogP contribution in [0.4, 0.5) is 24.9 Å². The van der Waals surface area contributed by atoms with E-state index in [0.717, 1.165) is 12.5 Å². The van der Waals surface area contributed by atoms with E-state index in [9.17, 15) is 18.0 Å². The Morgan fingerprint density at radius 3 is 2.63 bits per heavy atom. The molecule has 2 aliphatic rings. The highest BCUT2D eigenvalue weighted by molar-refractivity contribution is 5.76. The summed E-state index contributed by atoms with van der Waals surface area (Å²) in [6.45, 7) is 2.36. The third-order valence-corrected chi connectivity index (χ3v) is 5.45. The lowest BCUT2D eigenvalue weighted by Gasteiger charge is -2.49. The summed E-state index contributed by atoms with van der Waals surface area (Å²) in [5.41, 5.74) is -1.21. The molecule has 1 unspecified atom stereocenters. The summed E-state index contributed by atoms with van der Waals surface area (Å²) in [5, 5.41) is 2.88. The Morgan fingerprint density at radius 2 is 1.96 bits per heavy atom. The summed E-state index contributed by atoms with van der Waals surface area (Å²) in [7, 11) is 5.25. The van der Waals surface area contributed by atoms with Crippen molar-refractivity contribution in [2.24, 2.45) is 0 Å². The van der Waals surface area contributed by atoms with Crippen LogP contribution < -0.4 is 15.1 Å². The summed E-state index contributed by atoms with van der Waals surface area (Å²) in [6.07, 6.45) is -2.70. The minimum Gasteiger partial charge on any atom is -0.356 e. The highest BCUT2D eigenvalue weighted by atomic mass is 19.4. The molecule has 1 aromatic rings. The minimum atomic E-state index is -4.54. The molecule has 0 radical (unpaired) electrons. The SMILES string of the molecule is CN(C)c1nc(N2CCN(C)C3(CCNC(=O)CC3)C2)cc(C(F)(F)F)n1. The fourth-order valence-corrected chi connectivity index (χ4v) is 3.72. The van der Waals surface area contributed by atoms with Gasteiger partial charge in [0.2, 0.25) is 11.9 Å². The minimum absolute atomic E-state index is 0.0219. The van der Waals surface area contributed by atoms with Crippen LogP contribution in [0.25, 0.3) is 0 Å². The van der Waals surface area contributed by atoms with Crippen molar-refractivity contribution in [3.05, 3.63) is 11.8 Å². The van der Waals surface area contributed by atoms with Gasteiger partial charge in [0.15, 0.2) is 5.69 Å². The molecule has 2 fully saturated rings. The number of rotatable bonds is 2. The lowest BCUT2D eigenvalue weighted by Crippen LogP contribution is -2.61. The molecule has 2 saturated heterocycles. The Kier molecular flexibility index (Phi) is 5.20. The summed E-state index contributed by atoms with van der Waals surface area (Å²) >= 11 is 0. The number of nitrogens with one attached hydrogen (secondary N) is 1. The van der Waals surface area contributed by atoms with Crippen LogP contribution >= 0.6 is 0 Å². The van der Waals surface area contributed by atoms with Gasteiger partial charge in [0.25, 0.3) is 0 Å². The number of hydrogen-bond donors (Lipinski definition) is 1. The average Bonchev–Trinajstić information content (AvgIpc) is 2.79. The molecule has 1 N–H and O–H groups in total. The van der Waals surface area contributed by atoms with E-state index in [1.807, 2.05) is 11.9 Å². The third-order valence-electron chi connectivity index (χ3n) is 5.45. The maximum Gasteiger partial charge on any atom is 0.433 e. The molecule has 10 heteroatoms. The molecule has 7 nitrogen and oxygen atoms in total. The topological polar surface area (TPSA) is 64.6 Å². The molecule has 3 heterocycles. The molecule has 0 aromatic carbocycles. The number of amides is 1. The Hall–Kier alpha value is -2.10. The van der Waals surface area contributed by atoms with Gasteiger partial charge in [-0.25, -0.2) is 4.98 Å². The summed E-state index contributed by atoms with van der Waals surface area (Å²) in [5.74, 6) is 0.330. The maximum atomic E-state index is 13.3. The molecule has 1 atom stereocenters. The number of anilines is 2. The molecule has 0 aliphatic carbocycles. The van der Waals surface area contributed by atoms with Gasteiger partial charge in [0, 0.05) is 58.3 Å². The van der Waals surface area contributed by atoms with Crippen molar-refractivity contribution in [2.45, 2.75) is 31.0 Å². The van der Waals surface area contributed by atoms with Crippen LogP contribution in [-0.4, -0.2) is 73.6 Å². The maximum absolute atomic E-state index is 13.3. The van der Waals surface area contributed by atoms with Gasteiger partial charge in [0.1, 0.15) is 5.82 Å². The van der Waals surface area contributed by atoms with E-state index in [1.165, 1.54) is 4.90 Å². The number of likely N-dealkylation sites (N-methyl/N-ethyl adjacent to an activating group) is 1. The van der Waals surface area contributed by atoms with Crippen LogP contribution in [0.1, 0.15) is 25.0 Å². The molecule has 27 heavy (non-hydrogen) atoms. The average molecular weight is 386 g/mol. The van der Waals surface area contributed by atoms with Crippen LogP contribution in [0.2, 0.25) is 0 Å². The standard InChI is InChI=1S/C17H25F3N6O/c1-24(2)15-22-12(17(18,19)20)10-13(23-15)26-9-8-25(3)16(11-26)5-4-14(27)21-7-6-16/h10H,4-9,11H2,1-3H3,(H,21,27). The largest absolute Gasteiger partial charge is 0.433 e. The molecule has 150 valence electrons. The first-order valence-corrected chi connectivity index (χ1v) is 8.97. The zero-order valence-corrected chi connectivity index (χ0v) is 15.8. The van der Waals surface area contributed by atoms with Crippen molar-refractivity contribution in [3.8, 4) is 0 Å². The highest BCUT2D eigenvalue weighted by Crippen LogP contribution is 2.35. The van der Waals surface area contributed by atoms with E-state index in [1.54, 1.807) is 14.1 Å². The van der Waals surface area contributed by atoms with Crippen LogP contribution in [0.3, 0.4) is 0 Å². The van der Waals surface area contributed by atoms with Crippen LogP contribution in [0.5, 0.6) is 0 Å². The van der Waals surface area contributed by atoms with E-state index in [0.29, 0.717) is 39.0 Å². The summed E-state index contributed by atoms with van der Waals surface area (Å²) in [6, 6.07) is 1.02. The highest BCUT2D eigenvalue weighted by Gasteiger charge is 2.42. The van der Waals surface area contributed by atoms with Crippen LogP contribution in [0.15, 0.2) is 6.07 Å². The number of aromatic nitrogens is 2.